The SMILES string of the molecule is CC(NCC1(N2CCCCC2)CCCCC1)c1cccs1. The largest absolute Gasteiger partial charge is 0.308 e. The highest BCUT2D eigenvalue weighted by Crippen LogP contribution is 2.35. The Morgan fingerprint density at radius 1 is 1.14 bits per heavy atom. The molecule has 3 rings (SSSR count). The van der Waals surface area contributed by atoms with Crippen molar-refractivity contribution in [3.05, 3.63) is 22.4 Å². The summed E-state index contributed by atoms with van der Waals surface area (Å²) in [6.45, 7) is 6.15. The summed E-state index contributed by atoms with van der Waals surface area (Å²) in [5.74, 6) is 0. The highest BCUT2D eigenvalue weighted by Gasteiger charge is 2.38. The molecule has 2 nitrogen and oxygen atoms in total. The van der Waals surface area contributed by atoms with Gasteiger partial charge in [0.15, 0.2) is 0 Å². The predicted octanol–water partition coefficient (Wildman–Crippen LogP) is 4.59. The Labute approximate surface area is 133 Å². The number of rotatable bonds is 5. The van der Waals surface area contributed by atoms with Crippen LogP contribution in [0.4, 0.5) is 0 Å². The van der Waals surface area contributed by atoms with Crippen molar-refractivity contribution in [2.45, 2.75) is 69.9 Å². The molecule has 21 heavy (non-hydrogen) atoms. The first-order valence-electron chi connectivity index (χ1n) is 8.82. The van der Waals surface area contributed by atoms with E-state index in [1.165, 1.54) is 75.9 Å². The van der Waals surface area contributed by atoms with Crippen LogP contribution in [0.25, 0.3) is 0 Å². The van der Waals surface area contributed by atoms with Gasteiger partial charge in [-0.1, -0.05) is 31.7 Å². The Kier molecular flexibility index (Phi) is 5.36. The number of hydrogen-bond donors (Lipinski definition) is 1. The van der Waals surface area contributed by atoms with E-state index in [4.69, 9.17) is 0 Å². The second-order valence-electron chi connectivity index (χ2n) is 6.95. The highest BCUT2D eigenvalue weighted by atomic mass is 32.1. The van der Waals surface area contributed by atoms with Crippen LogP contribution in [0.2, 0.25) is 0 Å². The summed E-state index contributed by atoms with van der Waals surface area (Å²) >= 11 is 1.88. The third kappa shape index (κ3) is 3.69. The van der Waals surface area contributed by atoms with Gasteiger partial charge < -0.3 is 5.32 Å². The van der Waals surface area contributed by atoms with Gasteiger partial charge >= 0.3 is 0 Å². The molecule has 1 aromatic heterocycles. The summed E-state index contributed by atoms with van der Waals surface area (Å²) in [7, 11) is 0. The number of likely N-dealkylation sites (tertiary alicyclic amines) is 1. The number of hydrogen-bond acceptors (Lipinski definition) is 3. The maximum Gasteiger partial charge on any atom is 0.0386 e. The summed E-state index contributed by atoms with van der Waals surface area (Å²) in [6.07, 6.45) is 11.3. The maximum absolute atomic E-state index is 3.86. The molecule has 2 heterocycles. The molecule has 0 radical (unpaired) electrons. The smallest absolute Gasteiger partial charge is 0.0386 e. The van der Waals surface area contributed by atoms with Crippen LogP contribution < -0.4 is 5.32 Å². The fourth-order valence-corrected chi connectivity index (χ4v) is 4.92. The van der Waals surface area contributed by atoms with E-state index < -0.39 is 0 Å². The van der Waals surface area contributed by atoms with Crippen LogP contribution in [0.15, 0.2) is 17.5 Å². The molecule has 1 N–H and O–H groups in total. The third-order valence-corrected chi connectivity index (χ3v) is 6.57. The van der Waals surface area contributed by atoms with Crippen molar-refractivity contribution in [1.82, 2.24) is 10.2 Å². The Morgan fingerprint density at radius 3 is 2.52 bits per heavy atom. The molecule has 1 aromatic rings. The minimum atomic E-state index is 0.449. The maximum atomic E-state index is 3.86. The molecule has 0 spiro atoms. The molecule has 1 aliphatic heterocycles. The van der Waals surface area contributed by atoms with E-state index in [0.29, 0.717) is 11.6 Å². The van der Waals surface area contributed by atoms with E-state index in [2.05, 4.69) is 34.7 Å². The molecular weight excluding hydrogens is 276 g/mol. The zero-order chi connectivity index (χ0) is 14.5. The van der Waals surface area contributed by atoms with Gasteiger partial charge in [-0.3, -0.25) is 4.90 Å². The minimum absolute atomic E-state index is 0.449. The number of thiophene rings is 1. The lowest BCUT2D eigenvalue weighted by Gasteiger charge is -2.49. The van der Waals surface area contributed by atoms with Crippen LogP contribution in [0.5, 0.6) is 0 Å². The zero-order valence-electron chi connectivity index (χ0n) is 13.4. The van der Waals surface area contributed by atoms with Crippen LogP contribution in [0.1, 0.15) is 69.2 Å². The number of piperidine rings is 1. The third-order valence-electron chi connectivity index (χ3n) is 5.52. The molecule has 1 unspecified atom stereocenters. The van der Waals surface area contributed by atoms with Gasteiger partial charge in [0, 0.05) is 23.0 Å². The molecule has 1 atom stereocenters. The average Bonchev–Trinajstić information content (AvgIpc) is 3.09. The van der Waals surface area contributed by atoms with Gasteiger partial charge in [0.1, 0.15) is 0 Å². The standard InChI is InChI=1S/C18H30N2S/c1-16(17-9-8-14-21-17)19-15-18(10-4-2-5-11-18)20-12-6-3-7-13-20/h8-9,14,16,19H,2-7,10-13,15H2,1H3. The van der Waals surface area contributed by atoms with Gasteiger partial charge in [0.25, 0.3) is 0 Å². The second kappa shape index (κ2) is 7.26. The fourth-order valence-electron chi connectivity index (χ4n) is 4.16. The molecule has 3 heteroatoms. The lowest BCUT2D eigenvalue weighted by molar-refractivity contribution is 0.0318. The predicted molar refractivity (Wildman–Crippen MR) is 92.0 cm³/mol. The van der Waals surface area contributed by atoms with E-state index in [0.717, 1.165) is 0 Å². The second-order valence-corrected chi connectivity index (χ2v) is 7.93. The van der Waals surface area contributed by atoms with Gasteiger partial charge in [0.05, 0.1) is 0 Å². The van der Waals surface area contributed by atoms with Gasteiger partial charge in [-0.25, -0.2) is 0 Å². The molecule has 1 saturated carbocycles. The monoisotopic (exact) mass is 306 g/mol. The van der Waals surface area contributed by atoms with Crippen molar-refractivity contribution in [3.63, 3.8) is 0 Å². The van der Waals surface area contributed by atoms with Crippen LogP contribution in [0.3, 0.4) is 0 Å². The zero-order valence-corrected chi connectivity index (χ0v) is 14.3. The fraction of sp³-hybridized carbons (Fsp3) is 0.778. The van der Waals surface area contributed by atoms with E-state index >= 15 is 0 Å². The summed E-state index contributed by atoms with van der Waals surface area (Å²) < 4.78 is 0. The van der Waals surface area contributed by atoms with E-state index in [1.807, 2.05) is 11.3 Å². The van der Waals surface area contributed by atoms with Crippen LogP contribution in [-0.2, 0) is 0 Å². The normalized spacial score (nSPS) is 24.8. The van der Waals surface area contributed by atoms with Crippen LogP contribution in [0, 0.1) is 0 Å². The van der Waals surface area contributed by atoms with Crippen molar-refractivity contribution in [3.8, 4) is 0 Å². The molecule has 0 amide bonds. The minimum Gasteiger partial charge on any atom is -0.308 e. The first kappa shape index (κ1) is 15.5. The highest BCUT2D eigenvalue weighted by molar-refractivity contribution is 7.10. The Morgan fingerprint density at radius 2 is 1.86 bits per heavy atom. The first-order chi connectivity index (χ1) is 10.3. The quantitative estimate of drug-likeness (QED) is 0.856. The molecule has 0 bridgehead atoms. The number of nitrogens with zero attached hydrogens (tertiary/aromatic N) is 1. The molecule has 2 aliphatic rings. The van der Waals surface area contributed by atoms with E-state index in [-0.39, 0.29) is 0 Å². The summed E-state index contributed by atoms with van der Waals surface area (Å²) in [5.41, 5.74) is 0.449. The van der Waals surface area contributed by atoms with Crippen molar-refractivity contribution in [2.24, 2.45) is 0 Å². The van der Waals surface area contributed by atoms with Crippen molar-refractivity contribution < 1.29 is 0 Å². The molecule has 0 aromatic carbocycles. The lowest BCUT2D eigenvalue weighted by Crippen LogP contribution is -2.57. The topological polar surface area (TPSA) is 15.3 Å². The summed E-state index contributed by atoms with van der Waals surface area (Å²) in [5, 5.41) is 6.05. The summed E-state index contributed by atoms with van der Waals surface area (Å²) in [6, 6.07) is 4.92. The average molecular weight is 307 g/mol. The first-order valence-corrected chi connectivity index (χ1v) is 9.70. The van der Waals surface area contributed by atoms with Crippen LogP contribution >= 0.6 is 11.3 Å². The molecule has 1 aliphatic carbocycles. The van der Waals surface area contributed by atoms with E-state index in [1.54, 1.807) is 0 Å². The van der Waals surface area contributed by atoms with Gasteiger partial charge in [-0.2, -0.15) is 0 Å². The molecule has 2 fully saturated rings. The van der Waals surface area contributed by atoms with Gasteiger partial charge in [-0.05, 0) is 57.1 Å². The van der Waals surface area contributed by atoms with Crippen LogP contribution in [-0.4, -0.2) is 30.1 Å². The van der Waals surface area contributed by atoms with E-state index in [9.17, 15) is 0 Å². The van der Waals surface area contributed by atoms with Gasteiger partial charge in [-0.15, -0.1) is 11.3 Å². The molecular formula is C18H30N2S. The van der Waals surface area contributed by atoms with Gasteiger partial charge in [0.2, 0.25) is 0 Å². The summed E-state index contributed by atoms with van der Waals surface area (Å²) in [4.78, 5) is 4.31. The molecule has 118 valence electrons. The number of nitrogens with one attached hydrogen (secondary N) is 1. The Balaban J connectivity index is 1.64. The Hall–Kier alpha value is -0.380. The van der Waals surface area contributed by atoms with Crippen molar-refractivity contribution >= 4 is 11.3 Å². The van der Waals surface area contributed by atoms with Crippen molar-refractivity contribution in [1.29, 1.82) is 0 Å². The molecule has 1 saturated heterocycles. The lowest BCUT2D eigenvalue weighted by atomic mass is 9.79. The van der Waals surface area contributed by atoms with Crippen molar-refractivity contribution in [2.75, 3.05) is 19.6 Å². The Bertz CT molecular complexity index is 403.